The lowest BCUT2D eigenvalue weighted by Gasteiger charge is -2.30. The van der Waals surface area contributed by atoms with Crippen molar-refractivity contribution in [2.75, 3.05) is 25.0 Å². The third-order valence-electron chi connectivity index (χ3n) is 5.19. The highest BCUT2D eigenvalue weighted by atomic mass is 32.2. The van der Waals surface area contributed by atoms with Crippen LogP contribution in [0.4, 0.5) is 5.69 Å². The van der Waals surface area contributed by atoms with Crippen LogP contribution in [0.15, 0.2) is 59.5 Å². The van der Waals surface area contributed by atoms with Crippen LogP contribution in [-0.4, -0.2) is 44.2 Å². The maximum Gasteiger partial charge on any atom is 0.243 e. The Morgan fingerprint density at radius 2 is 1.63 bits per heavy atom. The Kier molecular flexibility index (Phi) is 7.23. The lowest BCUT2D eigenvalue weighted by molar-refractivity contribution is -0.126. The molecule has 2 aromatic carbocycles. The van der Waals surface area contributed by atoms with E-state index >= 15 is 0 Å². The van der Waals surface area contributed by atoms with E-state index in [0.717, 1.165) is 11.3 Å². The fourth-order valence-electron chi connectivity index (χ4n) is 3.40. The second-order valence-electron chi connectivity index (χ2n) is 7.45. The fourth-order valence-corrected chi connectivity index (χ4v) is 4.89. The molecule has 0 radical (unpaired) electrons. The van der Waals surface area contributed by atoms with Gasteiger partial charge in [-0.05, 0) is 44.0 Å². The minimum atomic E-state index is -3.52. The summed E-state index contributed by atoms with van der Waals surface area (Å²) >= 11 is 0. The number of benzene rings is 2. The molecule has 1 aliphatic heterocycles. The topological polar surface area (TPSA) is 95.6 Å². The van der Waals surface area contributed by atoms with E-state index in [1.165, 1.54) is 4.31 Å². The Morgan fingerprint density at radius 3 is 2.27 bits per heavy atom. The van der Waals surface area contributed by atoms with Crippen LogP contribution >= 0.6 is 0 Å². The van der Waals surface area contributed by atoms with Gasteiger partial charge in [0.1, 0.15) is 0 Å². The molecule has 2 amide bonds. The smallest absolute Gasteiger partial charge is 0.243 e. The zero-order valence-corrected chi connectivity index (χ0v) is 17.8. The van der Waals surface area contributed by atoms with Gasteiger partial charge in [0.25, 0.3) is 0 Å². The molecule has 0 atom stereocenters. The minimum absolute atomic E-state index is 0.130. The van der Waals surface area contributed by atoms with Crippen molar-refractivity contribution in [1.82, 2.24) is 9.62 Å². The second-order valence-corrected chi connectivity index (χ2v) is 9.38. The standard InChI is InChI=1S/C22H27N3O4S/c1-17-7-9-19(10-8-17)24-21(26)11-14-23-22(27)18-12-15-25(16-13-18)30(28,29)20-5-3-2-4-6-20/h2-10,18H,11-16H2,1H3,(H,23,27)(H,24,26). The summed E-state index contributed by atoms with van der Waals surface area (Å²) in [6.07, 6.45) is 1.11. The molecule has 0 spiro atoms. The number of carbonyl (C=O) groups is 2. The van der Waals surface area contributed by atoms with E-state index in [0.29, 0.717) is 25.9 Å². The predicted octanol–water partition coefficient (Wildman–Crippen LogP) is 2.54. The Balaban J connectivity index is 1.41. The maximum atomic E-state index is 12.7. The van der Waals surface area contributed by atoms with Crippen LogP contribution in [0.5, 0.6) is 0 Å². The maximum absolute atomic E-state index is 12.7. The van der Waals surface area contributed by atoms with Crippen LogP contribution in [0.3, 0.4) is 0 Å². The Hall–Kier alpha value is -2.71. The van der Waals surface area contributed by atoms with Gasteiger partial charge in [0.05, 0.1) is 4.90 Å². The monoisotopic (exact) mass is 429 g/mol. The van der Waals surface area contributed by atoms with Crippen LogP contribution in [0.2, 0.25) is 0 Å². The van der Waals surface area contributed by atoms with E-state index in [9.17, 15) is 18.0 Å². The molecule has 1 saturated heterocycles. The summed E-state index contributed by atoms with van der Waals surface area (Å²) in [4.78, 5) is 24.7. The molecule has 1 heterocycles. The van der Waals surface area contributed by atoms with Gasteiger partial charge >= 0.3 is 0 Å². The molecule has 160 valence electrons. The molecule has 2 N–H and O–H groups in total. The number of amides is 2. The van der Waals surface area contributed by atoms with E-state index < -0.39 is 10.0 Å². The molecule has 0 aromatic heterocycles. The zero-order chi connectivity index (χ0) is 21.6. The number of piperidine rings is 1. The van der Waals surface area contributed by atoms with Crippen LogP contribution in [0, 0.1) is 12.8 Å². The highest BCUT2D eigenvalue weighted by Gasteiger charge is 2.31. The molecular formula is C22H27N3O4S. The first kappa shape index (κ1) is 22.0. The Bertz CT molecular complexity index is 967. The van der Waals surface area contributed by atoms with Crippen molar-refractivity contribution in [1.29, 1.82) is 0 Å². The molecule has 2 aromatic rings. The van der Waals surface area contributed by atoms with E-state index in [1.54, 1.807) is 30.3 Å². The molecule has 0 saturated carbocycles. The first-order chi connectivity index (χ1) is 14.4. The van der Waals surface area contributed by atoms with E-state index in [2.05, 4.69) is 10.6 Å². The van der Waals surface area contributed by atoms with Gasteiger partial charge < -0.3 is 10.6 Å². The summed E-state index contributed by atoms with van der Waals surface area (Å²) < 4.78 is 26.8. The molecule has 1 aliphatic rings. The van der Waals surface area contributed by atoms with E-state index in [-0.39, 0.29) is 35.6 Å². The molecule has 30 heavy (non-hydrogen) atoms. The van der Waals surface area contributed by atoms with Crippen LogP contribution in [0.1, 0.15) is 24.8 Å². The molecular weight excluding hydrogens is 402 g/mol. The number of aryl methyl sites for hydroxylation is 1. The second kappa shape index (κ2) is 9.86. The average molecular weight is 430 g/mol. The fraction of sp³-hybridized carbons (Fsp3) is 0.364. The summed E-state index contributed by atoms with van der Waals surface area (Å²) in [5.74, 6) is -0.537. The average Bonchev–Trinajstić information content (AvgIpc) is 2.76. The minimum Gasteiger partial charge on any atom is -0.355 e. The van der Waals surface area contributed by atoms with Gasteiger partial charge in [0.15, 0.2) is 0 Å². The van der Waals surface area contributed by atoms with Crippen LogP contribution in [-0.2, 0) is 19.6 Å². The highest BCUT2D eigenvalue weighted by molar-refractivity contribution is 7.89. The Morgan fingerprint density at radius 1 is 1.00 bits per heavy atom. The van der Waals surface area contributed by atoms with Gasteiger partial charge in [-0.2, -0.15) is 4.31 Å². The number of nitrogens with one attached hydrogen (secondary N) is 2. The third-order valence-corrected chi connectivity index (χ3v) is 7.11. The van der Waals surface area contributed by atoms with Crippen molar-refractivity contribution in [2.45, 2.75) is 31.1 Å². The molecule has 0 bridgehead atoms. The number of anilines is 1. The van der Waals surface area contributed by atoms with Crippen molar-refractivity contribution < 1.29 is 18.0 Å². The van der Waals surface area contributed by atoms with Crippen molar-refractivity contribution >= 4 is 27.5 Å². The number of sulfonamides is 1. The Labute approximate surface area is 177 Å². The van der Waals surface area contributed by atoms with Crippen molar-refractivity contribution in [3.63, 3.8) is 0 Å². The van der Waals surface area contributed by atoms with Crippen molar-refractivity contribution in [2.24, 2.45) is 5.92 Å². The third kappa shape index (κ3) is 5.67. The van der Waals surface area contributed by atoms with Gasteiger partial charge in [0.2, 0.25) is 21.8 Å². The quantitative estimate of drug-likeness (QED) is 0.707. The lowest BCUT2D eigenvalue weighted by atomic mass is 9.97. The van der Waals surface area contributed by atoms with Gasteiger partial charge in [-0.25, -0.2) is 8.42 Å². The SMILES string of the molecule is Cc1ccc(NC(=O)CCNC(=O)C2CCN(S(=O)(=O)c3ccccc3)CC2)cc1. The highest BCUT2D eigenvalue weighted by Crippen LogP contribution is 2.23. The summed E-state index contributed by atoms with van der Waals surface area (Å²) in [5.41, 5.74) is 1.84. The van der Waals surface area contributed by atoms with Gasteiger partial charge in [0, 0.05) is 37.7 Å². The first-order valence-electron chi connectivity index (χ1n) is 10.1. The summed E-state index contributed by atoms with van der Waals surface area (Å²) in [6.45, 7) is 2.84. The molecule has 0 aliphatic carbocycles. The molecule has 7 nitrogen and oxygen atoms in total. The van der Waals surface area contributed by atoms with Gasteiger partial charge in [-0.1, -0.05) is 35.9 Å². The first-order valence-corrected chi connectivity index (χ1v) is 11.5. The molecule has 1 fully saturated rings. The van der Waals surface area contributed by atoms with Gasteiger partial charge in [-0.3, -0.25) is 9.59 Å². The number of carbonyl (C=O) groups excluding carboxylic acids is 2. The number of hydrogen-bond donors (Lipinski definition) is 2. The van der Waals surface area contributed by atoms with E-state index in [1.807, 2.05) is 31.2 Å². The largest absolute Gasteiger partial charge is 0.355 e. The predicted molar refractivity (Wildman–Crippen MR) is 115 cm³/mol. The van der Waals surface area contributed by atoms with Crippen molar-refractivity contribution in [3.8, 4) is 0 Å². The van der Waals surface area contributed by atoms with Crippen molar-refractivity contribution in [3.05, 3.63) is 60.2 Å². The van der Waals surface area contributed by atoms with Crippen LogP contribution < -0.4 is 10.6 Å². The summed E-state index contributed by atoms with van der Waals surface area (Å²) in [7, 11) is -3.52. The van der Waals surface area contributed by atoms with Gasteiger partial charge in [-0.15, -0.1) is 0 Å². The number of nitrogens with zero attached hydrogens (tertiary/aromatic N) is 1. The summed E-state index contributed by atoms with van der Waals surface area (Å²) in [5, 5.41) is 5.59. The molecule has 0 unspecified atom stereocenters. The number of rotatable bonds is 7. The zero-order valence-electron chi connectivity index (χ0n) is 17.0. The lowest BCUT2D eigenvalue weighted by Crippen LogP contribution is -2.43. The number of hydrogen-bond acceptors (Lipinski definition) is 4. The van der Waals surface area contributed by atoms with Crippen LogP contribution in [0.25, 0.3) is 0 Å². The van der Waals surface area contributed by atoms with E-state index in [4.69, 9.17) is 0 Å². The normalized spacial score (nSPS) is 15.5. The summed E-state index contributed by atoms with van der Waals surface area (Å²) in [6, 6.07) is 15.8. The molecule has 3 rings (SSSR count). The molecule has 8 heteroatoms.